The predicted molar refractivity (Wildman–Crippen MR) is 109 cm³/mol. The van der Waals surface area contributed by atoms with Gasteiger partial charge in [0.1, 0.15) is 0 Å². The van der Waals surface area contributed by atoms with Crippen LogP contribution in [0.1, 0.15) is 19.7 Å². The van der Waals surface area contributed by atoms with Gasteiger partial charge < -0.3 is 14.7 Å². The van der Waals surface area contributed by atoms with Gasteiger partial charge in [0.05, 0.1) is 10.5 Å². The fourth-order valence-electron chi connectivity index (χ4n) is 3.04. The SMILES string of the molecule is CN=C(NCCc1nc(-c2cccc(Cl)c2)no1)N1CCS(=O)(=O)C(C)(C)C1. The number of nitrogens with one attached hydrogen (secondary N) is 1. The van der Waals surface area contributed by atoms with Gasteiger partial charge in [-0.25, -0.2) is 8.42 Å². The number of aliphatic imine (C=N–C) groups is 1. The number of hydrogen-bond donors (Lipinski definition) is 1. The molecule has 1 aliphatic rings. The third kappa shape index (κ3) is 4.47. The molecule has 8 nitrogen and oxygen atoms in total. The summed E-state index contributed by atoms with van der Waals surface area (Å²) in [5.41, 5.74) is 0.794. The van der Waals surface area contributed by atoms with Crippen LogP contribution in [-0.2, 0) is 16.3 Å². The van der Waals surface area contributed by atoms with Gasteiger partial charge in [-0.05, 0) is 26.0 Å². The summed E-state index contributed by atoms with van der Waals surface area (Å²) in [6.07, 6.45) is 0.516. The second-order valence-corrected chi connectivity index (χ2v) is 10.4. The van der Waals surface area contributed by atoms with Gasteiger partial charge in [0.25, 0.3) is 0 Å². The third-order valence-electron chi connectivity index (χ3n) is 4.73. The molecule has 1 fully saturated rings. The summed E-state index contributed by atoms with van der Waals surface area (Å²) >= 11 is 6.00. The molecule has 3 rings (SSSR count). The van der Waals surface area contributed by atoms with Crippen molar-refractivity contribution < 1.29 is 12.9 Å². The second kappa shape index (κ2) is 8.08. The van der Waals surface area contributed by atoms with Crippen LogP contribution >= 0.6 is 11.6 Å². The van der Waals surface area contributed by atoms with E-state index in [4.69, 9.17) is 16.1 Å². The first-order valence-electron chi connectivity index (χ1n) is 8.98. The van der Waals surface area contributed by atoms with E-state index in [9.17, 15) is 8.42 Å². The molecule has 0 unspecified atom stereocenters. The monoisotopic (exact) mass is 425 g/mol. The van der Waals surface area contributed by atoms with Crippen molar-refractivity contribution in [3.8, 4) is 11.4 Å². The van der Waals surface area contributed by atoms with Crippen molar-refractivity contribution in [2.75, 3.05) is 32.4 Å². The Morgan fingerprint density at radius 2 is 2.21 bits per heavy atom. The van der Waals surface area contributed by atoms with Crippen LogP contribution in [0.2, 0.25) is 5.02 Å². The van der Waals surface area contributed by atoms with Gasteiger partial charge in [-0.3, -0.25) is 4.99 Å². The van der Waals surface area contributed by atoms with Crippen molar-refractivity contribution >= 4 is 27.4 Å². The Hall–Kier alpha value is -2.13. The number of guanidine groups is 1. The zero-order valence-corrected chi connectivity index (χ0v) is 17.7. The molecule has 0 bridgehead atoms. The zero-order valence-electron chi connectivity index (χ0n) is 16.1. The standard InChI is InChI=1S/C18H24ClN5O3S/c1-18(2)12-24(9-10-28(18,25)26)17(20-3)21-8-7-15-22-16(23-27-15)13-5-4-6-14(19)11-13/h4-6,11H,7-10,12H2,1-3H3,(H,20,21). The van der Waals surface area contributed by atoms with Gasteiger partial charge in [0.2, 0.25) is 11.7 Å². The molecule has 0 aliphatic carbocycles. The van der Waals surface area contributed by atoms with E-state index in [1.54, 1.807) is 33.0 Å². The summed E-state index contributed by atoms with van der Waals surface area (Å²) in [5.74, 6) is 1.77. The lowest BCUT2D eigenvalue weighted by atomic mass is 10.2. The van der Waals surface area contributed by atoms with Crippen LogP contribution in [0.4, 0.5) is 0 Å². The molecule has 2 heterocycles. The fourth-order valence-corrected chi connectivity index (χ4v) is 4.60. The molecular formula is C18H24ClN5O3S. The summed E-state index contributed by atoms with van der Waals surface area (Å²) in [7, 11) is -1.41. The molecule has 28 heavy (non-hydrogen) atoms. The Bertz CT molecular complexity index is 971. The van der Waals surface area contributed by atoms with Gasteiger partial charge in [-0.2, -0.15) is 4.98 Å². The first-order chi connectivity index (χ1) is 13.2. The van der Waals surface area contributed by atoms with E-state index >= 15 is 0 Å². The highest BCUT2D eigenvalue weighted by Gasteiger charge is 2.40. The molecule has 0 amide bonds. The van der Waals surface area contributed by atoms with Gasteiger partial charge in [-0.15, -0.1) is 0 Å². The van der Waals surface area contributed by atoms with Crippen LogP contribution in [-0.4, -0.2) is 66.6 Å². The van der Waals surface area contributed by atoms with Crippen molar-refractivity contribution in [3.63, 3.8) is 0 Å². The maximum Gasteiger partial charge on any atom is 0.228 e. The molecule has 0 saturated carbocycles. The van der Waals surface area contributed by atoms with Crippen LogP contribution in [0.25, 0.3) is 11.4 Å². The number of halogens is 1. The highest BCUT2D eigenvalue weighted by Crippen LogP contribution is 2.24. The quantitative estimate of drug-likeness (QED) is 0.590. The Balaban J connectivity index is 1.57. The number of benzene rings is 1. The topological polar surface area (TPSA) is 101 Å². The maximum atomic E-state index is 12.2. The fraction of sp³-hybridized carbons (Fsp3) is 0.500. The van der Waals surface area contributed by atoms with Crippen molar-refractivity contribution in [1.29, 1.82) is 0 Å². The third-order valence-corrected chi connectivity index (χ3v) is 7.50. The maximum absolute atomic E-state index is 12.2. The molecule has 0 spiro atoms. The van der Waals surface area contributed by atoms with Gasteiger partial charge >= 0.3 is 0 Å². The molecule has 1 aromatic heterocycles. The number of rotatable bonds is 4. The molecule has 2 aromatic rings. The van der Waals surface area contributed by atoms with Crippen molar-refractivity contribution in [3.05, 3.63) is 35.2 Å². The number of sulfone groups is 1. The summed E-state index contributed by atoms with van der Waals surface area (Å²) in [6.45, 7) is 4.85. The summed E-state index contributed by atoms with van der Waals surface area (Å²) in [4.78, 5) is 10.6. The number of hydrogen-bond acceptors (Lipinski definition) is 6. The Morgan fingerprint density at radius 3 is 2.89 bits per heavy atom. The zero-order chi connectivity index (χ0) is 20.4. The van der Waals surface area contributed by atoms with Crippen LogP contribution in [0.3, 0.4) is 0 Å². The van der Waals surface area contributed by atoms with Crippen LogP contribution in [0.5, 0.6) is 0 Å². The molecule has 1 aromatic carbocycles. The first kappa shape index (κ1) is 20.6. The van der Waals surface area contributed by atoms with Crippen LogP contribution in [0.15, 0.2) is 33.8 Å². The van der Waals surface area contributed by atoms with E-state index in [-0.39, 0.29) is 5.75 Å². The number of nitrogens with zero attached hydrogens (tertiary/aromatic N) is 4. The minimum absolute atomic E-state index is 0.118. The lowest BCUT2D eigenvalue weighted by molar-refractivity contribution is 0.350. The largest absolute Gasteiger partial charge is 0.356 e. The molecule has 1 saturated heterocycles. The Morgan fingerprint density at radius 1 is 1.43 bits per heavy atom. The average molecular weight is 426 g/mol. The average Bonchev–Trinajstić information content (AvgIpc) is 3.10. The van der Waals surface area contributed by atoms with E-state index in [2.05, 4.69) is 20.4 Å². The highest BCUT2D eigenvalue weighted by atomic mass is 35.5. The minimum atomic E-state index is -3.09. The number of aromatic nitrogens is 2. The Labute approximate surface area is 169 Å². The van der Waals surface area contributed by atoms with Gasteiger partial charge in [0, 0.05) is 43.7 Å². The van der Waals surface area contributed by atoms with Crippen molar-refractivity contribution in [1.82, 2.24) is 20.4 Å². The van der Waals surface area contributed by atoms with E-state index in [0.29, 0.717) is 48.8 Å². The van der Waals surface area contributed by atoms with Crippen molar-refractivity contribution in [2.45, 2.75) is 25.0 Å². The van der Waals surface area contributed by atoms with Crippen LogP contribution in [0, 0.1) is 0 Å². The lowest BCUT2D eigenvalue weighted by Gasteiger charge is -2.39. The summed E-state index contributed by atoms with van der Waals surface area (Å²) in [5, 5.41) is 7.85. The van der Waals surface area contributed by atoms with Gasteiger partial charge in [-0.1, -0.05) is 28.9 Å². The molecule has 0 atom stereocenters. The molecule has 10 heteroatoms. The Kier molecular flexibility index (Phi) is 5.95. The normalized spacial score (nSPS) is 18.9. The van der Waals surface area contributed by atoms with E-state index in [1.165, 1.54) is 0 Å². The second-order valence-electron chi connectivity index (χ2n) is 7.25. The molecular weight excluding hydrogens is 402 g/mol. The molecule has 0 radical (unpaired) electrons. The van der Waals surface area contributed by atoms with E-state index in [0.717, 1.165) is 5.56 Å². The summed E-state index contributed by atoms with van der Waals surface area (Å²) < 4.78 is 28.9. The molecule has 1 aliphatic heterocycles. The van der Waals surface area contributed by atoms with E-state index < -0.39 is 14.6 Å². The lowest BCUT2D eigenvalue weighted by Crippen LogP contribution is -2.57. The smallest absolute Gasteiger partial charge is 0.228 e. The summed E-state index contributed by atoms with van der Waals surface area (Å²) in [6, 6.07) is 7.27. The van der Waals surface area contributed by atoms with Crippen molar-refractivity contribution in [2.24, 2.45) is 4.99 Å². The molecule has 1 N–H and O–H groups in total. The first-order valence-corrected chi connectivity index (χ1v) is 11.0. The van der Waals surface area contributed by atoms with Crippen LogP contribution < -0.4 is 5.32 Å². The predicted octanol–water partition coefficient (Wildman–Crippen LogP) is 2.02. The van der Waals surface area contributed by atoms with E-state index in [1.807, 2.05) is 17.0 Å². The van der Waals surface area contributed by atoms with Gasteiger partial charge in [0.15, 0.2) is 15.8 Å². The highest BCUT2D eigenvalue weighted by molar-refractivity contribution is 7.92. The molecule has 152 valence electrons. The minimum Gasteiger partial charge on any atom is -0.356 e.